The van der Waals surface area contributed by atoms with Crippen molar-refractivity contribution < 1.29 is 9.53 Å². The first-order valence-corrected chi connectivity index (χ1v) is 8.56. The van der Waals surface area contributed by atoms with E-state index in [1.165, 1.54) is 16.7 Å². The van der Waals surface area contributed by atoms with Crippen molar-refractivity contribution in [3.63, 3.8) is 0 Å². The van der Waals surface area contributed by atoms with E-state index in [1.54, 1.807) is 0 Å². The van der Waals surface area contributed by atoms with Gasteiger partial charge in [0.1, 0.15) is 5.75 Å². The molecule has 1 amide bonds. The van der Waals surface area contributed by atoms with Crippen molar-refractivity contribution in [3.05, 3.63) is 65.2 Å². The second-order valence-electron chi connectivity index (χ2n) is 6.05. The van der Waals surface area contributed by atoms with Crippen LogP contribution in [-0.2, 0) is 17.6 Å². The predicted octanol–water partition coefficient (Wildman–Crippen LogP) is 3.05. The summed E-state index contributed by atoms with van der Waals surface area (Å²) >= 11 is 0. The molecular weight excluding hydrogens is 336 g/mol. The molecule has 1 atom stereocenters. The standard InChI is InChI=1S/C20H24N2O2.ClH/c1-2-15-7-9-17(10-8-15)24-14-20(23)22-13-19-18-6-4-3-5-16(18)11-12-21-19;/h3-10,19,21H,2,11-14H2,1H3,(H,22,23);1H. The molecule has 1 heterocycles. The third-order valence-electron chi connectivity index (χ3n) is 4.42. The lowest BCUT2D eigenvalue weighted by molar-refractivity contribution is -0.123. The van der Waals surface area contributed by atoms with Gasteiger partial charge in [0.05, 0.1) is 0 Å². The maximum absolute atomic E-state index is 12.0. The number of ether oxygens (including phenoxy) is 1. The minimum absolute atomic E-state index is 0. The van der Waals surface area contributed by atoms with Crippen molar-refractivity contribution >= 4 is 18.3 Å². The van der Waals surface area contributed by atoms with Crippen LogP contribution in [0.4, 0.5) is 0 Å². The molecule has 2 aromatic carbocycles. The molecule has 25 heavy (non-hydrogen) atoms. The molecule has 0 aliphatic carbocycles. The molecule has 0 saturated heterocycles. The lowest BCUT2D eigenvalue weighted by Crippen LogP contribution is -2.40. The number of hydrogen-bond acceptors (Lipinski definition) is 3. The van der Waals surface area contributed by atoms with E-state index in [0.717, 1.165) is 25.1 Å². The molecule has 134 valence electrons. The number of nitrogens with one attached hydrogen (secondary N) is 2. The van der Waals surface area contributed by atoms with Crippen molar-refractivity contribution in [2.75, 3.05) is 19.7 Å². The van der Waals surface area contributed by atoms with Crippen LogP contribution in [-0.4, -0.2) is 25.6 Å². The zero-order chi connectivity index (χ0) is 16.8. The number of hydrogen-bond donors (Lipinski definition) is 2. The van der Waals surface area contributed by atoms with Crippen LogP contribution in [0.1, 0.15) is 29.7 Å². The first-order valence-electron chi connectivity index (χ1n) is 8.56. The molecule has 5 heteroatoms. The van der Waals surface area contributed by atoms with Crippen molar-refractivity contribution in [2.24, 2.45) is 0 Å². The number of aryl methyl sites for hydroxylation is 1. The molecule has 0 saturated carbocycles. The summed E-state index contributed by atoms with van der Waals surface area (Å²) in [5.74, 6) is 0.628. The van der Waals surface area contributed by atoms with Gasteiger partial charge < -0.3 is 15.4 Å². The van der Waals surface area contributed by atoms with Gasteiger partial charge in [-0.1, -0.05) is 43.3 Å². The monoisotopic (exact) mass is 360 g/mol. The summed E-state index contributed by atoms with van der Waals surface area (Å²) < 4.78 is 5.54. The van der Waals surface area contributed by atoms with Crippen molar-refractivity contribution in [2.45, 2.75) is 25.8 Å². The van der Waals surface area contributed by atoms with Crippen molar-refractivity contribution in [1.82, 2.24) is 10.6 Å². The predicted molar refractivity (Wildman–Crippen MR) is 102 cm³/mol. The highest BCUT2D eigenvalue weighted by atomic mass is 35.5. The Morgan fingerprint density at radius 3 is 2.72 bits per heavy atom. The lowest BCUT2D eigenvalue weighted by Gasteiger charge is -2.27. The first kappa shape index (κ1) is 19.3. The van der Waals surface area contributed by atoms with Gasteiger partial charge in [0, 0.05) is 12.6 Å². The number of amides is 1. The minimum Gasteiger partial charge on any atom is -0.484 e. The minimum atomic E-state index is -0.0978. The van der Waals surface area contributed by atoms with E-state index in [4.69, 9.17) is 4.74 Å². The number of carbonyl (C=O) groups is 1. The Hall–Kier alpha value is -2.04. The van der Waals surface area contributed by atoms with Crippen LogP contribution >= 0.6 is 12.4 Å². The quantitative estimate of drug-likeness (QED) is 0.832. The molecule has 0 aromatic heterocycles. The molecular formula is C20H25ClN2O2. The highest BCUT2D eigenvalue weighted by Gasteiger charge is 2.19. The van der Waals surface area contributed by atoms with Gasteiger partial charge in [-0.3, -0.25) is 4.79 Å². The van der Waals surface area contributed by atoms with Crippen molar-refractivity contribution in [1.29, 1.82) is 0 Å². The van der Waals surface area contributed by atoms with Gasteiger partial charge >= 0.3 is 0 Å². The fraction of sp³-hybridized carbons (Fsp3) is 0.350. The lowest BCUT2D eigenvalue weighted by atomic mass is 9.94. The highest BCUT2D eigenvalue weighted by molar-refractivity contribution is 5.85. The van der Waals surface area contributed by atoms with Gasteiger partial charge in [-0.2, -0.15) is 0 Å². The maximum Gasteiger partial charge on any atom is 0.258 e. The second kappa shape index (κ2) is 9.44. The summed E-state index contributed by atoms with van der Waals surface area (Å²) in [5.41, 5.74) is 3.90. The van der Waals surface area contributed by atoms with Crippen LogP contribution in [0.2, 0.25) is 0 Å². The van der Waals surface area contributed by atoms with Gasteiger partial charge in [0.25, 0.3) is 5.91 Å². The van der Waals surface area contributed by atoms with E-state index in [2.05, 4.69) is 35.8 Å². The molecule has 4 nitrogen and oxygen atoms in total. The smallest absolute Gasteiger partial charge is 0.258 e. The van der Waals surface area contributed by atoms with Crippen LogP contribution in [0.5, 0.6) is 5.75 Å². The SMILES string of the molecule is CCc1ccc(OCC(=O)NCC2NCCc3ccccc32)cc1.Cl. The van der Waals surface area contributed by atoms with Crippen LogP contribution in [0, 0.1) is 0 Å². The topological polar surface area (TPSA) is 50.4 Å². The van der Waals surface area contributed by atoms with Gasteiger partial charge in [0.15, 0.2) is 6.61 Å². The number of halogens is 1. The number of rotatable bonds is 6. The van der Waals surface area contributed by atoms with E-state index >= 15 is 0 Å². The second-order valence-corrected chi connectivity index (χ2v) is 6.05. The summed E-state index contributed by atoms with van der Waals surface area (Å²) in [6, 6.07) is 16.4. The molecule has 0 radical (unpaired) electrons. The largest absolute Gasteiger partial charge is 0.484 e. The van der Waals surface area contributed by atoms with Gasteiger partial charge in [0.2, 0.25) is 0 Å². The number of carbonyl (C=O) groups excluding carboxylic acids is 1. The normalized spacial score (nSPS) is 15.6. The molecule has 2 aromatic rings. The summed E-state index contributed by atoms with van der Waals surface area (Å²) in [6.07, 6.45) is 2.04. The van der Waals surface area contributed by atoms with E-state index < -0.39 is 0 Å². The molecule has 3 rings (SSSR count). The Morgan fingerprint density at radius 1 is 1.20 bits per heavy atom. The molecule has 0 bridgehead atoms. The Kier molecular flexibility index (Phi) is 7.29. The summed E-state index contributed by atoms with van der Waals surface area (Å²) in [7, 11) is 0. The average molecular weight is 361 g/mol. The number of benzene rings is 2. The van der Waals surface area contributed by atoms with E-state index in [9.17, 15) is 4.79 Å². The van der Waals surface area contributed by atoms with Crippen LogP contribution in [0.3, 0.4) is 0 Å². The van der Waals surface area contributed by atoms with Crippen LogP contribution < -0.4 is 15.4 Å². The third-order valence-corrected chi connectivity index (χ3v) is 4.42. The van der Waals surface area contributed by atoms with Crippen LogP contribution in [0.25, 0.3) is 0 Å². The average Bonchev–Trinajstić information content (AvgIpc) is 2.65. The Morgan fingerprint density at radius 2 is 1.96 bits per heavy atom. The summed E-state index contributed by atoms with van der Waals surface area (Å²) in [4.78, 5) is 12.0. The fourth-order valence-corrected chi connectivity index (χ4v) is 3.01. The summed E-state index contributed by atoms with van der Waals surface area (Å²) in [6.45, 7) is 3.67. The molecule has 0 fully saturated rings. The Bertz CT molecular complexity index is 688. The highest BCUT2D eigenvalue weighted by Crippen LogP contribution is 2.21. The third kappa shape index (κ3) is 5.21. The molecule has 1 unspecified atom stereocenters. The zero-order valence-corrected chi connectivity index (χ0v) is 15.3. The maximum atomic E-state index is 12.0. The fourth-order valence-electron chi connectivity index (χ4n) is 3.01. The van der Waals surface area contributed by atoms with E-state index in [-0.39, 0.29) is 31.0 Å². The Balaban J connectivity index is 0.00000225. The summed E-state index contributed by atoms with van der Waals surface area (Å²) in [5, 5.41) is 6.42. The zero-order valence-electron chi connectivity index (χ0n) is 14.5. The van der Waals surface area contributed by atoms with Gasteiger partial charge in [-0.05, 0) is 48.2 Å². The van der Waals surface area contributed by atoms with E-state index in [1.807, 2.05) is 30.3 Å². The van der Waals surface area contributed by atoms with E-state index in [0.29, 0.717) is 6.54 Å². The first-order chi connectivity index (χ1) is 11.8. The molecule has 2 N–H and O–H groups in total. The molecule has 0 spiro atoms. The van der Waals surface area contributed by atoms with Crippen LogP contribution in [0.15, 0.2) is 48.5 Å². The Labute approximate surface area is 155 Å². The van der Waals surface area contributed by atoms with Gasteiger partial charge in [-0.15, -0.1) is 12.4 Å². The number of fused-ring (bicyclic) bond motifs is 1. The van der Waals surface area contributed by atoms with Gasteiger partial charge in [-0.25, -0.2) is 0 Å². The molecule has 1 aliphatic rings. The van der Waals surface area contributed by atoms with Crippen molar-refractivity contribution in [3.8, 4) is 5.75 Å². The molecule has 1 aliphatic heterocycles.